The molecule has 0 aliphatic carbocycles. The summed E-state index contributed by atoms with van der Waals surface area (Å²) in [5.74, 6) is -0.394. The molecule has 0 atom stereocenters. The lowest BCUT2D eigenvalue weighted by Gasteiger charge is -2.08. The van der Waals surface area contributed by atoms with Gasteiger partial charge in [0.05, 0.1) is 23.0 Å². The maximum absolute atomic E-state index is 13.0. The second-order valence-corrected chi connectivity index (χ2v) is 8.27. The summed E-state index contributed by atoms with van der Waals surface area (Å²) >= 11 is 3.03. The number of aryl methyl sites for hydroxylation is 1. The fourth-order valence-corrected chi connectivity index (χ4v) is 4.74. The number of aromatic nitrogens is 2. The minimum atomic E-state index is -0.394. The van der Waals surface area contributed by atoms with Crippen molar-refractivity contribution in [2.45, 2.75) is 13.5 Å². The first kappa shape index (κ1) is 18.1. The zero-order valence-corrected chi connectivity index (χ0v) is 16.4. The van der Waals surface area contributed by atoms with Crippen LogP contribution in [0.1, 0.15) is 10.4 Å². The van der Waals surface area contributed by atoms with Crippen LogP contribution in [0, 0.1) is 18.3 Å². The lowest BCUT2D eigenvalue weighted by atomic mass is 10.2. The molecule has 28 heavy (non-hydrogen) atoms. The Hall–Kier alpha value is -3.28. The van der Waals surface area contributed by atoms with Crippen molar-refractivity contribution in [1.82, 2.24) is 9.55 Å². The van der Waals surface area contributed by atoms with Crippen molar-refractivity contribution in [3.05, 3.63) is 68.9 Å². The minimum Gasteiger partial charge on any atom is -0.323 e. The van der Waals surface area contributed by atoms with Crippen LogP contribution in [-0.4, -0.2) is 15.5 Å². The summed E-state index contributed by atoms with van der Waals surface area (Å²) in [6.45, 7) is 1.84. The third-order valence-electron chi connectivity index (χ3n) is 4.20. The SMILES string of the molecule is Cc1ccc(-c2csc3ncn(CC(=O)Nc4ccccc4C#N)c(=O)c23)s1. The Morgan fingerprint density at radius 3 is 2.86 bits per heavy atom. The second-order valence-electron chi connectivity index (χ2n) is 6.12. The van der Waals surface area contributed by atoms with E-state index >= 15 is 0 Å². The minimum absolute atomic E-state index is 0.180. The number of fused-ring (bicyclic) bond motifs is 1. The molecule has 0 aliphatic heterocycles. The number of benzene rings is 1. The molecule has 0 spiro atoms. The maximum Gasteiger partial charge on any atom is 0.263 e. The summed E-state index contributed by atoms with van der Waals surface area (Å²) in [6, 6.07) is 12.8. The van der Waals surface area contributed by atoms with Gasteiger partial charge in [0.25, 0.3) is 5.56 Å². The molecule has 3 heterocycles. The molecule has 3 aromatic heterocycles. The highest BCUT2D eigenvalue weighted by Crippen LogP contribution is 2.34. The van der Waals surface area contributed by atoms with Crippen molar-refractivity contribution in [3.63, 3.8) is 0 Å². The van der Waals surface area contributed by atoms with Gasteiger partial charge in [-0.3, -0.25) is 14.2 Å². The van der Waals surface area contributed by atoms with E-state index in [4.69, 9.17) is 5.26 Å². The Morgan fingerprint density at radius 2 is 2.11 bits per heavy atom. The van der Waals surface area contributed by atoms with Gasteiger partial charge in [-0.1, -0.05) is 12.1 Å². The Labute approximate surface area is 168 Å². The van der Waals surface area contributed by atoms with Crippen LogP contribution >= 0.6 is 22.7 Å². The van der Waals surface area contributed by atoms with Gasteiger partial charge in [0, 0.05) is 20.7 Å². The first-order valence-electron chi connectivity index (χ1n) is 8.39. The van der Waals surface area contributed by atoms with Crippen LogP contribution in [-0.2, 0) is 11.3 Å². The van der Waals surface area contributed by atoms with E-state index in [9.17, 15) is 9.59 Å². The molecule has 1 N–H and O–H groups in total. The normalized spacial score (nSPS) is 10.7. The number of carbonyl (C=O) groups is 1. The molecule has 0 saturated carbocycles. The monoisotopic (exact) mass is 406 g/mol. The Morgan fingerprint density at radius 1 is 1.29 bits per heavy atom. The summed E-state index contributed by atoms with van der Waals surface area (Å²) in [5, 5.41) is 14.3. The van der Waals surface area contributed by atoms with Gasteiger partial charge in [-0.15, -0.1) is 22.7 Å². The van der Waals surface area contributed by atoms with Gasteiger partial charge in [0.15, 0.2) is 0 Å². The molecular weight excluding hydrogens is 392 g/mol. The molecule has 1 amide bonds. The van der Waals surface area contributed by atoms with E-state index < -0.39 is 5.91 Å². The van der Waals surface area contributed by atoms with Gasteiger partial charge in [-0.05, 0) is 31.2 Å². The van der Waals surface area contributed by atoms with Gasteiger partial charge in [0.2, 0.25) is 5.91 Å². The van der Waals surface area contributed by atoms with E-state index in [0.717, 1.165) is 15.3 Å². The van der Waals surface area contributed by atoms with Gasteiger partial charge in [-0.25, -0.2) is 4.98 Å². The molecule has 0 unspecified atom stereocenters. The number of nitrogens with zero attached hydrogens (tertiary/aromatic N) is 3. The van der Waals surface area contributed by atoms with E-state index in [1.165, 1.54) is 22.2 Å². The fourth-order valence-electron chi connectivity index (χ4n) is 2.87. The Kier molecular flexibility index (Phi) is 4.77. The molecule has 8 heteroatoms. The van der Waals surface area contributed by atoms with Crippen molar-refractivity contribution in [2.24, 2.45) is 0 Å². The molecule has 0 saturated heterocycles. The Bertz CT molecular complexity index is 1290. The van der Waals surface area contributed by atoms with Crippen molar-refractivity contribution in [1.29, 1.82) is 5.26 Å². The zero-order valence-electron chi connectivity index (χ0n) is 14.8. The van der Waals surface area contributed by atoms with E-state index in [2.05, 4.69) is 10.3 Å². The highest BCUT2D eigenvalue weighted by atomic mass is 32.1. The average Bonchev–Trinajstić information content (AvgIpc) is 3.31. The van der Waals surface area contributed by atoms with E-state index in [1.54, 1.807) is 35.6 Å². The third-order valence-corrected chi connectivity index (χ3v) is 6.12. The number of para-hydroxylation sites is 1. The summed E-state index contributed by atoms with van der Waals surface area (Å²) < 4.78 is 1.29. The van der Waals surface area contributed by atoms with Crippen molar-refractivity contribution in [3.8, 4) is 16.5 Å². The number of anilines is 1. The predicted octanol–water partition coefficient (Wildman–Crippen LogP) is 4.01. The lowest BCUT2D eigenvalue weighted by molar-refractivity contribution is -0.116. The molecule has 0 bridgehead atoms. The lowest BCUT2D eigenvalue weighted by Crippen LogP contribution is -2.28. The number of thiophene rings is 2. The van der Waals surface area contributed by atoms with E-state index in [1.807, 2.05) is 30.5 Å². The fraction of sp³-hybridized carbons (Fsp3) is 0.100. The van der Waals surface area contributed by atoms with Gasteiger partial charge in [-0.2, -0.15) is 5.26 Å². The van der Waals surface area contributed by atoms with Gasteiger partial charge in [0.1, 0.15) is 17.4 Å². The first-order valence-corrected chi connectivity index (χ1v) is 10.1. The van der Waals surface area contributed by atoms with Gasteiger partial charge < -0.3 is 5.32 Å². The number of nitrogens with one attached hydrogen (secondary N) is 1. The molecule has 0 fully saturated rings. The average molecular weight is 406 g/mol. The summed E-state index contributed by atoms with van der Waals surface area (Å²) in [5.41, 5.74) is 1.38. The van der Waals surface area contributed by atoms with Crippen LogP contribution in [0.15, 0.2) is 52.9 Å². The molecule has 6 nitrogen and oxygen atoms in total. The van der Waals surface area contributed by atoms with Crippen LogP contribution in [0.25, 0.3) is 20.7 Å². The summed E-state index contributed by atoms with van der Waals surface area (Å²) in [7, 11) is 0. The van der Waals surface area contributed by atoms with Crippen LogP contribution in [0.4, 0.5) is 5.69 Å². The van der Waals surface area contributed by atoms with Crippen LogP contribution in [0.3, 0.4) is 0 Å². The number of hydrogen-bond acceptors (Lipinski definition) is 6. The molecular formula is C20H14N4O2S2. The second kappa shape index (κ2) is 7.38. The quantitative estimate of drug-likeness (QED) is 0.555. The highest BCUT2D eigenvalue weighted by Gasteiger charge is 2.16. The summed E-state index contributed by atoms with van der Waals surface area (Å²) in [4.78, 5) is 32.6. The number of hydrogen-bond donors (Lipinski definition) is 1. The molecule has 1 aromatic carbocycles. The number of rotatable bonds is 4. The maximum atomic E-state index is 13.0. The van der Waals surface area contributed by atoms with Crippen molar-refractivity contribution in [2.75, 3.05) is 5.32 Å². The largest absolute Gasteiger partial charge is 0.323 e. The standard InChI is InChI=1S/C20H14N4O2S2/c1-12-6-7-16(28-12)14-10-27-19-18(14)20(26)24(11-22-19)9-17(25)23-15-5-3-2-4-13(15)8-21/h2-7,10-11H,9H2,1H3,(H,23,25). The molecule has 4 rings (SSSR count). The van der Waals surface area contributed by atoms with Crippen molar-refractivity contribution < 1.29 is 4.79 Å². The molecule has 4 aromatic rings. The highest BCUT2D eigenvalue weighted by molar-refractivity contribution is 7.19. The molecule has 138 valence electrons. The van der Waals surface area contributed by atoms with E-state index in [0.29, 0.717) is 21.5 Å². The third kappa shape index (κ3) is 3.33. The molecule has 0 aliphatic rings. The number of carbonyl (C=O) groups excluding carboxylic acids is 1. The van der Waals surface area contributed by atoms with Crippen LogP contribution in [0.5, 0.6) is 0 Å². The number of amides is 1. The van der Waals surface area contributed by atoms with E-state index in [-0.39, 0.29) is 12.1 Å². The number of nitriles is 1. The molecule has 0 radical (unpaired) electrons. The predicted molar refractivity (Wildman–Crippen MR) is 112 cm³/mol. The smallest absolute Gasteiger partial charge is 0.263 e. The first-order chi connectivity index (χ1) is 13.6. The van der Waals surface area contributed by atoms with Crippen LogP contribution in [0.2, 0.25) is 0 Å². The Balaban J connectivity index is 1.66. The topological polar surface area (TPSA) is 87.8 Å². The van der Waals surface area contributed by atoms with Crippen molar-refractivity contribution >= 4 is 44.5 Å². The summed E-state index contributed by atoms with van der Waals surface area (Å²) in [6.07, 6.45) is 1.39. The van der Waals surface area contributed by atoms with Gasteiger partial charge >= 0.3 is 0 Å². The van der Waals surface area contributed by atoms with Crippen LogP contribution < -0.4 is 10.9 Å². The zero-order chi connectivity index (χ0) is 19.7.